The minimum atomic E-state index is -0.509. The lowest BCUT2D eigenvalue weighted by molar-refractivity contribution is -0.870. The van der Waals surface area contributed by atoms with Crippen molar-refractivity contribution >= 4 is 22.8 Å². The van der Waals surface area contributed by atoms with Crippen LogP contribution in [0.4, 0.5) is 0 Å². The van der Waals surface area contributed by atoms with E-state index in [-0.39, 0.29) is 13.4 Å². The minimum Gasteiger partial charge on any atom is -0.462 e. The molecule has 0 aliphatic heterocycles. The average molecular weight is 395 g/mol. The Morgan fingerprint density at radius 3 is 1.54 bits per heavy atom. The van der Waals surface area contributed by atoms with Crippen molar-refractivity contribution in [1.29, 1.82) is 0 Å². The van der Waals surface area contributed by atoms with Gasteiger partial charge in [-0.15, -0.1) is 0 Å². The van der Waals surface area contributed by atoms with Crippen molar-refractivity contribution in [3.05, 3.63) is 25.3 Å². The van der Waals surface area contributed by atoms with E-state index in [1.165, 1.54) is 25.5 Å². The number of esters is 1. The molecule has 6 heteroatoms. The SMILES string of the molecule is C.C=CC(=O)Cl.C=CC(=O)OCCC[N+](C)(C)C.CCCC[N+](C)(C)C. The number of allylic oxidation sites excluding steroid dienone is 1. The first kappa shape index (κ1) is 32.5. The number of unbranched alkanes of at least 4 members (excludes halogenated alkanes) is 1. The maximum atomic E-state index is 10.6. The number of quaternary nitrogens is 2. The van der Waals surface area contributed by atoms with E-state index >= 15 is 0 Å². The average Bonchev–Trinajstić information content (AvgIpc) is 2.48. The Labute approximate surface area is 167 Å². The summed E-state index contributed by atoms with van der Waals surface area (Å²) in [5, 5.41) is -0.509. The molecule has 0 bridgehead atoms. The van der Waals surface area contributed by atoms with E-state index in [0.717, 1.165) is 28.0 Å². The zero-order valence-electron chi connectivity index (χ0n) is 17.3. The molecule has 0 N–H and O–H groups in total. The quantitative estimate of drug-likeness (QED) is 0.196. The number of hydrogen-bond donors (Lipinski definition) is 0. The van der Waals surface area contributed by atoms with Crippen LogP contribution in [0, 0.1) is 0 Å². The molecule has 0 saturated heterocycles. The Kier molecular flexibility index (Phi) is 23.3. The fraction of sp³-hybridized carbons (Fsp3) is 0.700. The van der Waals surface area contributed by atoms with Crippen LogP contribution in [0.25, 0.3) is 0 Å². The monoisotopic (exact) mass is 394 g/mol. The van der Waals surface area contributed by atoms with E-state index in [2.05, 4.69) is 62.4 Å². The molecule has 0 aromatic rings. The summed E-state index contributed by atoms with van der Waals surface area (Å²) in [5.41, 5.74) is 0. The van der Waals surface area contributed by atoms with Crippen molar-refractivity contribution in [3.63, 3.8) is 0 Å². The van der Waals surface area contributed by atoms with Gasteiger partial charge in [-0.2, -0.15) is 0 Å². The van der Waals surface area contributed by atoms with E-state index in [4.69, 9.17) is 16.3 Å². The number of nitrogens with zero attached hydrogens (tertiary/aromatic N) is 2. The molecule has 156 valence electrons. The number of halogens is 1. The van der Waals surface area contributed by atoms with Crippen LogP contribution in [0.5, 0.6) is 0 Å². The normalized spacial score (nSPS) is 10.0. The zero-order valence-corrected chi connectivity index (χ0v) is 18.1. The third-order valence-electron chi connectivity index (χ3n) is 2.73. The summed E-state index contributed by atoms with van der Waals surface area (Å²) in [7, 11) is 13.0. The van der Waals surface area contributed by atoms with Gasteiger partial charge in [0.2, 0.25) is 5.24 Å². The maximum absolute atomic E-state index is 10.6. The number of carbonyl (C=O) groups is 2. The van der Waals surface area contributed by atoms with Crippen molar-refractivity contribution in [2.24, 2.45) is 0 Å². The third-order valence-corrected chi connectivity index (χ3v) is 2.88. The molecule has 0 spiro atoms. The smallest absolute Gasteiger partial charge is 0.330 e. The van der Waals surface area contributed by atoms with Crippen molar-refractivity contribution in [2.45, 2.75) is 33.6 Å². The molecular weight excluding hydrogens is 352 g/mol. The molecule has 0 saturated carbocycles. The predicted molar refractivity (Wildman–Crippen MR) is 114 cm³/mol. The van der Waals surface area contributed by atoms with Gasteiger partial charge in [-0.1, -0.05) is 33.9 Å². The fourth-order valence-electron chi connectivity index (χ4n) is 1.40. The van der Waals surface area contributed by atoms with Gasteiger partial charge < -0.3 is 13.7 Å². The van der Waals surface area contributed by atoms with Gasteiger partial charge in [-0.3, -0.25) is 4.79 Å². The molecule has 26 heavy (non-hydrogen) atoms. The van der Waals surface area contributed by atoms with E-state index < -0.39 is 5.24 Å². The third kappa shape index (κ3) is 43.4. The number of rotatable bonds is 9. The Morgan fingerprint density at radius 1 is 0.923 bits per heavy atom. The van der Waals surface area contributed by atoms with Gasteiger partial charge in [0.15, 0.2) is 0 Å². The molecule has 0 radical (unpaired) electrons. The van der Waals surface area contributed by atoms with Crippen LogP contribution in [0.3, 0.4) is 0 Å². The molecule has 0 atom stereocenters. The van der Waals surface area contributed by atoms with Gasteiger partial charge >= 0.3 is 5.97 Å². The van der Waals surface area contributed by atoms with Crippen LogP contribution in [0.2, 0.25) is 0 Å². The van der Waals surface area contributed by atoms with Crippen molar-refractivity contribution in [1.82, 2.24) is 0 Å². The van der Waals surface area contributed by atoms with E-state index in [1.54, 1.807) is 0 Å². The van der Waals surface area contributed by atoms with Gasteiger partial charge in [0, 0.05) is 12.5 Å². The highest BCUT2D eigenvalue weighted by Crippen LogP contribution is 1.95. The van der Waals surface area contributed by atoms with Crippen molar-refractivity contribution < 1.29 is 23.3 Å². The van der Waals surface area contributed by atoms with Gasteiger partial charge in [-0.05, 0) is 24.1 Å². The van der Waals surface area contributed by atoms with Crippen LogP contribution in [-0.2, 0) is 14.3 Å². The summed E-state index contributed by atoms with van der Waals surface area (Å²) in [5.74, 6) is -0.337. The Balaban J connectivity index is -0.000000150. The summed E-state index contributed by atoms with van der Waals surface area (Å²) in [6.07, 6.45) is 5.79. The summed E-state index contributed by atoms with van der Waals surface area (Å²) in [6.45, 7) is 11.4. The van der Waals surface area contributed by atoms with E-state index in [1.807, 2.05) is 0 Å². The molecule has 5 nitrogen and oxygen atoms in total. The second kappa shape index (κ2) is 18.6. The molecule has 0 rings (SSSR count). The van der Waals surface area contributed by atoms with Crippen LogP contribution in [-0.4, -0.2) is 82.2 Å². The molecule has 0 unspecified atom stereocenters. The molecular formula is C20H43ClN2O3+2. The van der Waals surface area contributed by atoms with E-state index in [0.29, 0.717) is 6.61 Å². The standard InChI is InChI=1S/C9H18NO2.C7H18N.C3H3ClO.CH4/c1-5-9(11)12-8-6-7-10(2,3)4;1-5-6-7-8(2,3)4;1-2-3(4)5;/h5H,1,6-8H2,2-4H3;5-7H2,1-4H3;2H,1H2;1H4/q2*+1;;. The molecule has 0 amide bonds. The lowest BCUT2D eigenvalue weighted by Gasteiger charge is -2.23. The molecule has 0 aliphatic carbocycles. The summed E-state index contributed by atoms with van der Waals surface area (Å²) >= 11 is 4.71. The predicted octanol–water partition coefficient (Wildman–Crippen LogP) is 3.88. The lowest BCUT2D eigenvalue weighted by atomic mass is 10.3. The van der Waals surface area contributed by atoms with Crippen molar-refractivity contribution in [2.75, 3.05) is 62.0 Å². The molecule has 0 fully saturated rings. The van der Waals surface area contributed by atoms with Crippen LogP contribution in [0.1, 0.15) is 33.6 Å². The number of carbonyl (C=O) groups excluding carboxylic acids is 2. The first-order valence-electron chi connectivity index (χ1n) is 8.51. The maximum Gasteiger partial charge on any atom is 0.330 e. The van der Waals surface area contributed by atoms with Gasteiger partial charge in [-0.25, -0.2) is 4.79 Å². The minimum absolute atomic E-state index is 0. The van der Waals surface area contributed by atoms with Gasteiger partial charge in [0.05, 0.1) is 62.0 Å². The second-order valence-corrected chi connectivity index (χ2v) is 7.99. The molecule has 0 heterocycles. The fourth-order valence-corrected chi connectivity index (χ4v) is 1.40. The highest BCUT2D eigenvalue weighted by atomic mass is 35.5. The first-order chi connectivity index (χ1) is 11.3. The largest absolute Gasteiger partial charge is 0.462 e. The van der Waals surface area contributed by atoms with E-state index in [9.17, 15) is 9.59 Å². The highest BCUT2D eigenvalue weighted by molar-refractivity contribution is 6.66. The lowest BCUT2D eigenvalue weighted by Crippen LogP contribution is -2.35. The Bertz CT molecular complexity index is 383. The number of ether oxygens (including phenoxy) is 1. The summed E-state index contributed by atoms with van der Waals surface area (Å²) in [4.78, 5) is 20.1. The first-order valence-corrected chi connectivity index (χ1v) is 8.88. The van der Waals surface area contributed by atoms with Gasteiger partial charge in [0.1, 0.15) is 0 Å². The highest BCUT2D eigenvalue weighted by Gasteiger charge is 2.06. The van der Waals surface area contributed by atoms with Gasteiger partial charge in [0.25, 0.3) is 0 Å². The Morgan fingerprint density at radius 2 is 1.31 bits per heavy atom. The number of hydrogen-bond acceptors (Lipinski definition) is 3. The second-order valence-electron chi connectivity index (χ2n) is 7.61. The van der Waals surface area contributed by atoms with Crippen LogP contribution >= 0.6 is 11.6 Å². The Hall–Kier alpha value is -1.17. The summed E-state index contributed by atoms with van der Waals surface area (Å²) in [6, 6.07) is 0. The topological polar surface area (TPSA) is 43.4 Å². The van der Waals surface area contributed by atoms with Crippen LogP contribution < -0.4 is 0 Å². The zero-order chi connectivity index (χ0) is 20.5. The van der Waals surface area contributed by atoms with Crippen LogP contribution in [0.15, 0.2) is 25.3 Å². The van der Waals surface area contributed by atoms with Crippen molar-refractivity contribution in [3.8, 4) is 0 Å². The molecule has 0 aliphatic rings. The molecule has 0 aromatic heterocycles. The molecule has 0 aromatic carbocycles. The summed E-state index contributed by atoms with van der Waals surface area (Å²) < 4.78 is 6.82.